The third kappa shape index (κ3) is 4.87. The highest BCUT2D eigenvalue weighted by Crippen LogP contribution is 2.14. The van der Waals surface area contributed by atoms with Crippen LogP contribution >= 0.6 is 0 Å². The van der Waals surface area contributed by atoms with Gasteiger partial charge in [-0.2, -0.15) is 0 Å². The van der Waals surface area contributed by atoms with Crippen LogP contribution in [0.4, 0.5) is 0 Å². The van der Waals surface area contributed by atoms with Gasteiger partial charge in [-0.25, -0.2) is 0 Å². The van der Waals surface area contributed by atoms with E-state index < -0.39 is 0 Å². The summed E-state index contributed by atoms with van der Waals surface area (Å²) in [5.74, 6) is 1.05. The van der Waals surface area contributed by atoms with Gasteiger partial charge in [-0.05, 0) is 37.5 Å². The maximum atomic E-state index is 12.5. The van der Waals surface area contributed by atoms with Crippen LogP contribution in [-0.2, 0) is 11.2 Å². The van der Waals surface area contributed by atoms with Gasteiger partial charge in [0.15, 0.2) is 0 Å². The van der Waals surface area contributed by atoms with Crippen LogP contribution in [0.25, 0.3) is 0 Å². The molecule has 1 aromatic rings. The predicted molar refractivity (Wildman–Crippen MR) is 83.1 cm³/mol. The Balaban J connectivity index is 2.68. The number of benzene rings is 1. The summed E-state index contributed by atoms with van der Waals surface area (Å²) in [7, 11) is 1.65. The van der Waals surface area contributed by atoms with Crippen LogP contribution in [0.5, 0.6) is 5.75 Å². The second-order valence-corrected chi connectivity index (χ2v) is 5.22. The molecule has 0 aliphatic carbocycles. The number of unbranched alkanes of at least 4 members (excludes halogenated alkanes) is 1. The van der Waals surface area contributed by atoms with Gasteiger partial charge in [-0.3, -0.25) is 4.79 Å². The molecule has 0 saturated carbocycles. The van der Waals surface area contributed by atoms with Gasteiger partial charge >= 0.3 is 0 Å². The molecule has 0 radical (unpaired) electrons. The Bertz CT molecular complexity index is 400. The fourth-order valence-electron chi connectivity index (χ4n) is 2.16. The van der Waals surface area contributed by atoms with E-state index >= 15 is 0 Å². The van der Waals surface area contributed by atoms with Crippen molar-refractivity contribution in [1.29, 1.82) is 0 Å². The normalized spacial score (nSPS) is 12.0. The number of carbonyl (C=O) groups is 1. The molecule has 20 heavy (non-hydrogen) atoms. The zero-order chi connectivity index (χ0) is 15.0. The Morgan fingerprint density at radius 3 is 2.40 bits per heavy atom. The molecule has 1 rings (SSSR count). The lowest BCUT2D eigenvalue weighted by Gasteiger charge is -2.28. The molecule has 0 bridgehead atoms. The van der Waals surface area contributed by atoms with Gasteiger partial charge in [0.05, 0.1) is 13.5 Å². The number of nitrogens with zero attached hydrogens (tertiary/aromatic N) is 1. The first-order chi connectivity index (χ1) is 9.62. The average molecular weight is 277 g/mol. The second-order valence-electron chi connectivity index (χ2n) is 5.22. The quantitative estimate of drug-likeness (QED) is 0.725. The first-order valence-corrected chi connectivity index (χ1v) is 7.54. The minimum absolute atomic E-state index is 0.220. The summed E-state index contributed by atoms with van der Waals surface area (Å²) in [4.78, 5) is 14.5. The third-order valence-corrected chi connectivity index (χ3v) is 3.71. The lowest BCUT2D eigenvalue weighted by molar-refractivity contribution is -0.132. The van der Waals surface area contributed by atoms with Crippen molar-refractivity contribution < 1.29 is 9.53 Å². The molecule has 3 nitrogen and oxygen atoms in total. The van der Waals surface area contributed by atoms with Crippen molar-refractivity contribution in [2.75, 3.05) is 13.7 Å². The van der Waals surface area contributed by atoms with Crippen molar-refractivity contribution in [3.05, 3.63) is 29.8 Å². The summed E-state index contributed by atoms with van der Waals surface area (Å²) in [6.07, 6.45) is 3.65. The van der Waals surface area contributed by atoms with E-state index in [9.17, 15) is 4.79 Å². The maximum absolute atomic E-state index is 12.5. The first-order valence-electron chi connectivity index (χ1n) is 7.54. The van der Waals surface area contributed by atoms with Crippen LogP contribution in [0.2, 0.25) is 0 Å². The van der Waals surface area contributed by atoms with Gasteiger partial charge in [0.2, 0.25) is 5.91 Å². The summed E-state index contributed by atoms with van der Waals surface area (Å²) < 4.78 is 5.14. The van der Waals surface area contributed by atoms with Crippen LogP contribution in [0.1, 0.15) is 45.6 Å². The van der Waals surface area contributed by atoms with Crippen molar-refractivity contribution in [3.63, 3.8) is 0 Å². The molecular weight excluding hydrogens is 250 g/mol. The first kappa shape index (κ1) is 16.5. The van der Waals surface area contributed by atoms with Crippen LogP contribution in [0.3, 0.4) is 0 Å². The van der Waals surface area contributed by atoms with E-state index in [1.54, 1.807) is 7.11 Å². The Morgan fingerprint density at radius 1 is 1.25 bits per heavy atom. The van der Waals surface area contributed by atoms with Gasteiger partial charge < -0.3 is 9.64 Å². The minimum atomic E-state index is 0.220. The number of carbonyl (C=O) groups excluding carboxylic acids is 1. The van der Waals surface area contributed by atoms with Crippen molar-refractivity contribution in [3.8, 4) is 5.75 Å². The van der Waals surface area contributed by atoms with Gasteiger partial charge in [0.25, 0.3) is 0 Å². The number of ether oxygens (including phenoxy) is 1. The summed E-state index contributed by atoms with van der Waals surface area (Å²) in [5, 5.41) is 0. The van der Waals surface area contributed by atoms with E-state index in [-0.39, 0.29) is 5.91 Å². The van der Waals surface area contributed by atoms with Crippen LogP contribution in [0, 0.1) is 0 Å². The Hall–Kier alpha value is -1.51. The number of hydrogen-bond acceptors (Lipinski definition) is 2. The molecule has 1 amide bonds. The van der Waals surface area contributed by atoms with Crippen molar-refractivity contribution in [2.24, 2.45) is 0 Å². The second kappa shape index (κ2) is 8.62. The van der Waals surface area contributed by atoms with E-state index in [1.807, 2.05) is 29.2 Å². The highest BCUT2D eigenvalue weighted by Gasteiger charge is 2.18. The lowest BCUT2D eigenvalue weighted by Crippen LogP contribution is -2.39. The fraction of sp³-hybridized carbons (Fsp3) is 0.588. The molecule has 1 unspecified atom stereocenters. The van der Waals surface area contributed by atoms with Crippen molar-refractivity contribution >= 4 is 5.91 Å². The van der Waals surface area contributed by atoms with Crippen LogP contribution in [0.15, 0.2) is 24.3 Å². The summed E-state index contributed by atoms with van der Waals surface area (Å²) in [6, 6.07) is 8.05. The van der Waals surface area contributed by atoms with E-state index in [1.165, 1.54) is 0 Å². The lowest BCUT2D eigenvalue weighted by atomic mass is 10.1. The van der Waals surface area contributed by atoms with Gasteiger partial charge in [0, 0.05) is 12.6 Å². The topological polar surface area (TPSA) is 29.5 Å². The monoisotopic (exact) mass is 277 g/mol. The fourth-order valence-corrected chi connectivity index (χ4v) is 2.16. The van der Waals surface area contributed by atoms with E-state index in [4.69, 9.17) is 4.74 Å². The largest absolute Gasteiger partial charge is 0.497 e. The molecule has 0 N–H and O–H groups in total. The molecule has 112 valence electrons. The van der Waals surface area contributed by atoms with Crippen LogP contribution in [-0.4, -0.2) is 30.5 Å². The molecule has 1 atom stereocenters. The molecule has 0 spiro atoms. The molecule has 0 saturated heterocycles. The molecule has 0 aliphatic heterocycles. The highest BCUT2D eigenvalue weighted by molar-refractivity contribution is 5.79. The minimum Gasteiger partial charge on any atom is -0.497 e. The SMILES string of the molecule is CCCCN(C(=O)Cc1ccc(OC)cc1)C(C)CC. The summed E-state index contributed by atoms with van der Waals surface area (Å²) in [5.41, 5.74) is 1.04. The summed E-state index contributed by atoms with van der Waals surface area (Å²) >= 11 is 0. The van der Waals surface area contributed by atoms with Gasteiger partial charge in [-0.15, -0.1) is 0 Å². The smallest absolute Gasteiger partial charge is 0.227 e. The Labute approximate surface area is 122 Å². The summed E-state index contributed by atoms with van der Waals surface area (Å²) in [6.45, 7) is 7.27. The third-order valence-electron chi connectivity index (χ3n) is 3.71. The average Bonchev–Trinajstić information content (AvgIpc) is 2.48. The van der Waals surface area contributed by atoms with Gasteiger partial charge in [-0.1, -0.05) is 32.4 Å². The van der Waals surface area contributed by atoms with Crippen molar-refractivity contribution in [1.82, 2.24) is 4.90 Å². The number of methoxy groups -OCH3 is 1. The number of hydrogen-bond donors (Lipinski definition) is 0. The van der Waals surface area contributed by atoms with E-state index in [2.05, 4.69) is 20.8 Å². The molecule has 3 heteroatoms. The molecule has 0 aliphatic rings. The Kier molecular flexibility index (Phi) is 7.13. The zero-order valence-corrected chi connectivity index (χ0v) is 13.2. The predicted octanol–water partition coefficient (Wildman–Crippen LogP) is 3.66. The molecule has 0 aromatic heterocycles. The van der Waals surface area contributed by atoms with Crippen molar-refractivity contribution in [2.45, 2.75) is 52.5 Å². The molecule has 0 fully saturated rings. The maximum Gasteiger partial charge on any atom is 0.227 e. The number of rotatable bonds is 8. The number of amides is 1. The molecular formula is C17H27NO2. The van der Waals surface area contributed by atoms with E-state index in [0.29, 0.717) is 12.5 Å². The Morgan fingerprint density at radius 2 is 1.90 bits per heavy atom. The molecule has 0 heterocycles. The van der Waals surface area contributed by atoms with Gasteiger partial charge in [0.1, 0.15) is 5.75 Å². The standard InChI is InChI=1S/C17H27NO2/c1-5-7-12-18(14(3)6-2)17(19)13-15-8-10-16(20-4)11-9-15/h8-11,14H,5-7,12-13H2,1-4H3. The highest BCUT2D eigenvalue weighted by atomic mass is 16.5. The van der Waals surface area contributed by atoms with Crippen LogP contribution < -0.4 is 4.74 Å². The zero-order valence-electron chi connectivity index (χ0n) is 13.2. The molecule has 1 aromatic carbocycles. The van der Waals surface area contributed by atoms with E-state index in [0.717, 1.165) is 37.1 Å².